The zero-order chi connectivity index (χ0) is 15.6. The quantitative estimate of drug-likeness (QED) is 0.443. The Balaban J connectivity index is 1.92. The number of nitrogens with one attached hydrogen (secondary N) is 1. The van der Waals surface area contributed by atoms with Crippen molar-refractivity contribution in [3.05, 3.63) is 83.9 Å². The molecule has 0 amide bonds. The summed E-state index contributed by atoms with van der Waals surface area (Å²) in [4.78, 5) is 5.83. The molecule has 0 spiro atoms. The molecule has 0 aliphatic carbocycles. The van der Waals surface area contributed by atoms with Gasteiger partial charge in [-0.1, -0.05) is 84.0 Å². The lowest BCUT2D eigenvalue weighted by molar-refractivity contribution is 1.38. The Morgan fingerprint density at radius 2 is 1.43 bits per heavy atom. The number of aromatic amines is 1. The van der Waals surface area contributed by atoms with Crippen LogP contribution < -0.4 is 0 Å². The second kappa shape index (κ2) is 6.15. The van der Waals surface area contributed by atoms with E-state index in [1.807, 2.05) is 24.3 Å². The average Bonchev–Trinajstić information content (AvgIpc) is 2.96. The summed E-state index contributed by atoms with van der Waals surface area (Å²) in [6.07, 6.45) is 0. The molecular weight excluding hydrogens is 322 g/mol. The van der Waals surface area contributed by atoms with Crippen LogP contribution in [0.25, 0.3) is 22.2 Å². The van der Waals surface area contributed by atoms with Crippen molar-refractivity contribution in [3.8, 4) is 11.3 Å². The number of benzene rings is 3. The molecule has 0 aliphatic heterocycles. The van der Waals surface area contributed by atoms with Crippen LogP contribution in [0, 0.1) is 0 Å². The fourth-order valence-corrected chi connectivity index (χ4v) is 4.01. The summed E-state index contributed by atoms with van der Waals surface area (Å²) in [6.45, 7) is 0. The number of rotatable bonds is 3. The first-order valence-corrected chi connectivity index (χ1v) is 8.61. The zero-order valence-electron chi connectivity index (χ0n) is 12.3. The Bertz CT molecular complexity index is 960. The molecule has 3 aromatic carbocycles. The van der Waals surface area contributed by atoms with E-state index < -0.39 is 0 Å². The van der Waals surface area contributed by atoms with Gasteiger partial charge in [0.25, 0.3) is 0 Å². The van der Waals surface area contributed by atoms with E-state index in [2.05, 4.69) is 59.6 Å². The van der Waals surface area contributed by atoms with Crippen molar-refractivity contribution in [1.82, 2.24) is 4.98 Å². The van der Waals surface area contributed by atoms with Crippen molar-refractivity contribution in [3.63, 3.8) is 0 Å². The predicted molar refractivity (Wildman–Crippen MR) is 99.3 cm³/mol. The third-order valence-corrected chi connectivity index (χ3v) is 5.42. The monoisotopic (exact) mass is 335 g/mol. The number of hydrogen-bond acceptors (Lipinski definition) is 1. The van der Waals surface area contributed by atoms with Crippen molar-refractivity contribution in [2.45, 2.75) is 9.79 Å². The van der Waals surface area contributed by atoms with Gasteiger partial charge >= 0.3 is 0 Å². The van der Waals surface area contributed by atoms with E-state index in [1.54, 1.807) is 11.8 Å². The molecule has 0 unspecified atom stereocenters. The van der Waals surface area contributed by atoms with Gasteiger partial charge in [0.05, 0.1) is 10.7 Å². The summed E-state index contributed by atoms with van der Waals surface area (Å²) in [5.41, 5.74) is 3.45. The first kappa shape index (κ1) is 14.4. The second-order valence-corrected chi connectivity index (χ2v) is 6.73. The number of hydrogen-bond donors (Lipinski definition) is 1. The molecule has 0 aliphatic rings. The molecule has 0 atom stereocenters. The summed E-state index contributed by atoms with van der Waals surface area (Å²) in [6, 6.07) is 26.8. The molecular formula is C20H14ClNS. The topological polar surface area (TPSA) is 15.8 Å². The molecule has 112 valence electrons. The van der Waals surface area contributed by atoms with E-state index in [-0.39, 0.29) is 0 Å². The first-order valence-electron chi connectivity index (χ1n) is 7.41. The van der Waals surface area contributed by atoms with E-state index in [0.717, 1.165) is 21.1 Å². The lowest BCUT2D eigenvalue weighted by atomic mass is 10.1. The van der Waals surface area contributed by atoms with Gasteiger partial charge in [0, 0.05) is 20.7 Å². The number of fused-ring (bicyclic) bond motifs is 1. The third-order valence-electron chi connectivity index (χ3n) is 3.77. The van der Waals surface area contributed by atoms with Crippen LogP contribution in [-0.4, -0.2) is 4.98 Å². The SMILES string of the molecule is Clc1ccccc1Sc1c(-c2ccccc2)[nH]c2ccccc12. The van der Waals surface area contributed by atoms with Gasteiger partial charge in [-0.25, -0.2) is 0 Å². The van der Waals surface area contributed by atoms with Gasteiger partial charge in [0.2, 0.25) is 0 Å². The first-order chi connectivity index (χ1) is 11.3. The Morgan fingerprint density at radius 1 is 0.739 bits per heavy atom. The molecule has 3 heteroatoms. The molecule has 0 fully saturated rings. The van der Waals surface area contributed by atoms with Crippen molar-refractivity contribution in [2.75, 3.05) is 0 Å². The molecule has 1 heterocycles. The van der Waals surface area contributed by atoms with Crippen LogP contribution in [-0.2, 0) is 0 Å². The Labute approximate surface area is 144 Å². The molecule has 1 nitrogen and oxygen atoms in total. The van der Waals surface area contributed by atoms with Gasteiger partial charge in [0.15, 0.2) is 0 Å². The van der Waals surface area contributed by atoms with Crippen LogP contribution in [0.3, 0.4) is 0 Å². The predicted octanol–water partition coefficient (Wildman–Crippen LogP) is 6.64. The van der Waals surface area contributed by atoms with Crippen molar-refractivity contribution < 1.29 is 0 Å². The molecule has 4 aromatic rings. The molecule has 0 bridgehead atoms. The molecule has 0 saturated heterocycles. The van der Waals surface area contributed by atoms with E-state index in [1.165, 1.54) is 15.8 Å². The largest absolute Gasteiger partial charge is 0.354 e. The highest BCUT2D eigenvalue weighted by Gasteiger charge is 2.15. The van der Waals surface area contributed by atoms with E-state index in [9.17, 15) is 0 Å². The van der Waals surface area contributed by atoms with Gasteiger partial charge in [-0.05, 0) is 23.8 Å². The van der Waals surface area contributed by atoms with Crippen LogP contribution in [0.2, 0.25) is 5.02 Å². The highest BCUT2D eigenvalue weighted by molar-refractivity contribution is 7.99. The highest BCUT2D eigenvalue weighted by Crippen LogP contribution is 2.42. The van der Waals surface area contributed by atoms with Crippen LogP contribution in [0.4, 0.5) is 0 Å². The minimum Gasteiger partial charge on any atom is -0.354 e. The third kappa shape index (κ3) is 2.76. The van der Waals surface area contributed by atoms with Gasteiger partial charge < -0.3 is 4.98 Å². The van der Waals surface area contributed by atoms with Gasteiger partial charge in [-0.3, -0.25) is 0 Å². The van der Waals surface area contributed by atoms with E-state index >= 15 is 0 Å². The van der Waals surface area contributed by atoms with Crippen molar-refractivity contribution >= 4 is 34.3 Å². The summed E-state index contributed by atoms with van der Waals surface area (Å²) in [5.74, 6) is 0. The number of aromatic nitrogens is 1. The van der Waals surface area contributed by atoms with Gasteiger partial charge in [-0.2, -0.15) is 0 Å². The normalized spacial score (nSPS) is 11.0. The lowest BCUT2D eigenvalue weighted by Gasteiger charge is -2.06. The average molecular weight is 336 g/mol. The maximum Gasteiger partial charge on any atom is 0.0606 e. The number of H-pyrrole nitrogens is 1. The minimum absolute atomic E-state index is 0.779. The smallest absolute Gasteiger partial charge is 0.0606 e. The van der Waals surface area contributed by atoms with E-state index in [4.69, 9.17) is 11.6 Å². The molecule has 1 N–H and O–H groups in total. The minimum atomic E-state index is 0.779. The highest BCUT2D eigenvalue weighted by atomic mass is 35.5. The summed E-state index contributed by atoms with van der Waals surface area (Å²) in [5, 5.41) is 2.00. The molecule has 23 heavy (non-hydrogen) atoms. The Kier molecular flexibility index (Phi) is 3.86. The molecule has 1 aromatic heterocycles. The van der Waals surface area contributed by atoms with Crippen LogP contribution >= 0.6 is 23.4 Å². The fourth-order valence-electron chi connectivity index (χ4n) is 2.67. The standard InChI is InChI=1S/C20H14ClNS/c21-16-11-5-7-13-18(16)23-20-15-10-4-6-12-17(15)22-19(20)14-8-2-1-3-9-14/h1-13,22H. The number of halogens is 1. The van der Waals surface area contributed by atoms with Crippen LogP contribution in [0.1, 0.15) is 0 Å². The molecule has 4 rings (SSSR count). The summed E-state index contributed by atoms with van der Waals surface area (Å²) >= 11 is 8.07. The lowest BCUT2D eigenvalue weighted by Crippen LogP contribution is -1.81. The summed E-state index contributed by atoms with van der Waals surface area (Å²) < 4.78 is 0. The zero-order valence-corrected chi connectivity index (χ0v) is 13.9. The molecule has 0 saturated carbocycles. The Hall–Kier alpha value is -2.16. The van der Waals surface area contributed by atoms with Crippen LogP contribution in [0.5, 0.6) is 0 Å². The maximum absolute atomic E-state index is 6.36. The van der Waals surface area contributed by atoms with Gasteiger partial charge in [0.1, 0.15) is 0 Å². The van der Waals surface area contributed by atoms with E-state index in [0.29, 0.717) is 0 Å². The van der Waals surface area contributed by atoms with Crippen molar-refractivity contribution in [2.24, 2.45) is 0 Å². The van der Waals surface area contributed by atoms with Crippen LogP contribution in [0.15, 0.2) is 88.7 Å². The summed E-state index contributed by atoms with van der Waals surface area (Å²) in [7, 11) is 0. The molecule has 0 radical (unpaired) electrons. The Morgan fingerprint density at radius 3 is 2.26 bits per heavy atom. The van der Waals surface area contributed by atoms with Crippen molar-refractivity contribution in [1.29, 1.82) is 0 Å². The maximum atomic E-state index is 6.36. The second-order valence-electron chi connectivity index (χ2n) is 5.27. The fraction of sp³-hybridized carbons (Fsp3) is 0. The number of para-hydroxylation sites is 1. The van der Waals surface area contributed by atoms with Gasteiger partial charge in [-0.15, -0.1) is 0 Å².